The summed E-state index contributed by atoms with van der Waals surface area (Å²) in [6.07, 6.45) is -1.44. The largest absolute Gasteiger partial charge is 0.443 e. The van der Waals surface area contributed by atoms with Gasteiger partial charge in [0.25, 0.3) is 0 Å². The molecule has 2 heterocycles. The summed E-state index contributed by atoms with van der Waals surface area (Å²) in [4.78, 5) is 0. The number of halogens is 4. The highest BCUT2D eigenvalue weighted by Crippen LogP contribution is 2.70. The second-order valence-electron chi connectivity index (χ2n) is 7.53. The Labute approximate surface area is 203 Å². The maximum Gasteiger partial charge on any atom is 0.245 e. The van der Waals surface area contributed by atoms with Crippen LogP contribution in [0, 0.1) is 56.2 Å². The zero-order valence-electron chi connectivity index (χ0n) is 16.3. The topological polar surface area (TPSA) is 114 Å². The summed E-state index contributed by atoms with van der Waals surface area (Å²) < 4.78 is 12.3. The molecule has 2 aliphatic heterocycles. The van der Waals surface area contributed by atoms with Gasteiger partial charge in [0.05, 0.1) is 29.1 Å². The highest BCUT2D eigenvalue weighted by molar-refractivity contribution is 6.36. The van der Waals surface area contributed by atoms with Crippen LogP contribution < -0.4 is 0 Å². The van der Waals surface area contributed by atoms with Crippen LogP contribution in [-0.4, -0.2) is 5.90 Å². The van der Waals surface area contributed by atoms with E-state index in [0.29, 0.717) is 5.02 Å². The molecule has 160 valence electrons. The van der Waals surface area contributed by atoms with Gasteiger partial charge in [-0.05, 0) is 30.3 Å². The van der Waals surface area contributed by atoms with Gasteiger partial charge >= 0.3 is 0 Å². The lowest BCUT2D eigenvalue weighted by Gasteiger charge is -2.49. The summed E-state index contributed by atoms with van der Waals surface area (Å²) in [7, 11) is 0. The number of hydrogen-bond donors (Lipinski definition) is 1. The number of rotatable bonds is 2. The molecule has 2 aromatic carbocycles. The molecule has 2 saturated heterocycles. The summed E-state index contributed by atoms with van der Waals surface area (Å²) >= 11 is 25.4. The summed E-state index contributed by atoms with van der Waals surface area (Å²) in [6.45, 7) is 1.57. The van der Waals surface area contributed by atoms with Gasteiger partial charge in [-0.25, -0.2) is 0 Å². The molecule has 1 N–H and O–H groups in total. The summed E-state index contributed by atoms with van der Waals surface area (Å²) in [5.74, 6) is -3.34. The monoisotopic (exact) mass is 504 g/mol. The molecule has 10 heteroatoms. The minimum Gasteiger partial charge on any atom is -0.443 e. The lowest BCUT2D eigenvalue weighted by atomic mass is 9.53. The van der Waals surface area contributed by atoms with Gasteiger partial charge < -0.3 is 9.47 Å². The third kappa shape index (κ3) is 2.58. The molecule has 4 atom stereocenters. The van der Waals surface area contributed by atoms with Crippen LogP contribution in [0.3, 0.4) is 0 Å². The number of nitrogens with zero attached hydrogens (tertiary/aromatic N) is 3. The van der Waals surface area contributed by atoms with Crippen molar-refractivity contribution in [1.82, 2.24) is 0 Å². The fourth-order valence-electron chi connectivity index (χ4n) is 4.63. The van der Waals surface area contributed by atoms with E-state index < -0.39 is 34.5 Å². The van der Waals surface area contributed by atoms with Gasteiger partial charge in [0.15, 0.2) is 5.41 Å². The Morgan fingerprint density at radius 3 is 2.09 bits per heavy atom. The molecule has 2 fully saturated rings. The van der Waals surface area contributed by atoms with Gasteiger partial charge in [-0.2, -0.15) is 15.8 Å². The lowest BCUT2D eigenvalue weighted by molar-refractivity contribution is -0.288. The highest BCUT2D eigenvalue weighted by Gasteiger charge is 2.80. The second-order valence-corrected chi connectivity index (χ2v) is 9.19. The van der Waals surface area contributed by atoms with Crippen molar-refractivity contribution in [2.75, 3.05) is 0 Å². The molecule has 4 rings (SSSR count). The molecule has 2 bridgehead atoms. The Bertz CT molecular complexity index is 1260. The van der Waals surface area contributed by atoms with E-state index >= 15 is 0 Å². The van der Waals surface area contributed by atoms with E-state index in [1.54, 1.807) is 25.1 Å². The molecule has 0 saturated carbocycles. The Balaban J connectivity index is 2.11. The van der Waals surface area contributed by atoms with Crippen molar-refractivity contribution in [3.05, 3.63) is 67.6 Å². The van der Waals surface area contributed by atoms with Crippen LogP contribution in [0.15, 0.2) is 36.4 Å². The third-order valence-electron chi connectivity index (χ3n) is 6.24. The quantitative estimate of drug-likeness (QED) is 0.506. The van der Waals surface area contributed by atoms with Crippen molar-refractivity contribution in [2.45, 2.75) is 18.8 Å². The molecule has 2 aliphatic rings. The molecule has 32 heavy (non-hydrogen) atoms. The number of benzene rings is 2. The second kappa shape index (κ2) is 7.53. The molecule has 0 aliphatic carbocycles. The SMILES string of the molecule is CC1C2(c3ccc(Cl)cc3Cl)OC(=N)C1(C#N)C(C#N)(C#N)C(c1c(Cl)cccc1Cl)O2. The molecule has 0 spiro atoms. The minimum atomic E-state index is -2.20. The van der Waals surface area contributed by atoms with Gasteiger partial charge in [0.2, 0.25) is 17.1 Å². The molecule has 6 nitrogen and oxygen atoms in total. The fourth-order valence-corrected chi connectivity index (χ4v) is 5.77. The van der Waals surface area contributed by atoms with Crippen LogP contribution in [0.25, 0.3) is 0 Å². The third-order valence-corrected chi connectivity index (χ3v) is 7.44. The first kappa shape index (κ1) is 22.7. The number of fused-ring (bicyclic) bond motifs is 2. The van der Waals surface area contributed by atoms with Crippen LogP contribution in [0.2, 0.25) is 20.1 Å². The Kier molecular flexibility index (Phi) is 5.34. The number of nitriles is 3. The summed E-state index contributed by atoms with van der Waals surface area (Å²) in [5.41, 5.74) is -3.79. The zero-order valence-corrected chi connectivity index (χ0v) is 19.3. The zero-order chi connectivity index (χ0) is 23.5. The van der Waals surface area contributed by atoms with Crippen molar-refractivity contribution in [2.24, 2.45) is 16.7 Å². The van der Waals surface area contributed by atoms with Crippen LogP contribution in [0.4, 0.5) is 0 Å². The van der Waals surface area contributed by atoms with E-state index in [0.717, 1.165) is 0 Å². The molecular weight excluding hydrogens is 494 g/mol. The minimum absolute atomic E-state index is 0.128. The fraction of sp³-hybridized carbons (Fsp3) is 0.273. The van der Waals surface area contributed by atoms with Crippen molar-refractivity contribution in [3.8, 4) is 18.2 Å². The van der Waals surface area contributed by atoms with Crippen LogP contribution >= 0.6 is 46.4 Å². The van der Waals surface area contributed by atoms with Gasteiger partial charge in [-0.3, -0.25) is 5.41 Å². The normalized spacial score (nSPS) is 30.0. The van der Waals surface area contributed by atoms with Crippen molar-refractivity contribution < 1.29 is 9.47 Å². The van der Waals surface area contributed by atoms with Gasteiger partial charge in [-0.15, -0.1) is 0 Å². The van der Waals surface area contributed by atoms with Crippen molar-refractivity contribution in [3.63, 3.8) is 0 Å². The van der Waals surface area contributed by atoms with Crippen molar-refractivity contribution >= 4 is 52.3 Å². The molecule has 0 aromatic heterocycles. The molecule has 0 amide bonds. The average molecular weight is 506 g/mol. The number of ether oxygens (including phenoxy) is 2. The number of nitrogens with one attached hydrogen (secondary N) is 1. The highest BCUT2D eigenvalue weighted by atomic mass is 35.5. The van der Waals surface area contributed by atoms with Gasteiger partial charge in [-0.1, -0.05) is 59.4 Å². The van der Waals surface area contributed by atoms with E-state index in [1.165, 1.54) is 18.2 Å². The Morgan fingerprint density at radius 2 is 1.56 bits per heavy atom. The molecule has 0 radical (unpaired) electrons. The van der Waals surface area contributed by atoms with E-state index in [9.17, 15) is 15.8 Å². The predicted octanol–water partition coefficient (Wildman–Crippen LogP) is 6.41. The van der Waals surface area contributed by atoms with E-state index in [-0.39, 0.29) is 26.2 Å². The average Bonchev–Trinajstić information content (AvgIpc) is 2.91. The summed E-state index contributed by atoms with van der Waals surface area (Å²) in [6, 6.07) is 15.1. The lowest BCUT2D eigenvalue weighted by Crippen LogP contribution is -2.57. The van der Waals surface area contributed by atoms with Gasteiger partial charge in [0.1, 0.15) is 6.10 Å². The smallest absolute Gasteiger partial charge is 0.245 e. The maximum absolute atomic E-state index is 10.3. The van der Waals surface area contributed by atoms with Crippen molar-refractivity contribution in [1.29, 1.82) is 21.2 Å². The predicted molar refractivity (Wildman–Crippen MR) is 118 cm³/mol. The van der Waals surface area contributed by atoms with Crippen LogP contribution in [0.5, 0.6) is 0 Å². The molecule has 4 unspecified atom stereocenters. The van der Waals surface area contributed by atoms with E-state index in [2.05, 4.69) is 0 Å². The van der Waals surface area contributed by atoms with Gasteiger partial charge in [0, 0.05) is 26.2 Å². The standard InChI is InChI=1S/C22H12Cl4N4O2/c1-11-21(10-29)19(30)32-22(11,13-6-5-12(23)7-16(13)26)31-18(20(21,8-27)9-28)17-14(24)3-2-4-15(17)25/h2-7,11,18,30H,1H3. The van der Waals surface area contributed by atoms with Crippen LogP contribution in [-0.2, 0) is 15.3 Å². The maximum atomic E-state index is 10.3. The first-order valence-corrected chi connectivity index (χ1v) is 10.8. The van der Waals surface area contributed by atoms with Crippen LogP contribution in [0.1, 0.15) is 24.2 Å². The first-order valence-electron chi connectivity index (χ1n) is 9.24. The number of hydrogen-bond acceptors (Lipinski definition) is 6. The summed E-state index contributed by atoms with van der Waals surface area (Å²) in [5, 5.41) is 40.2. The molecular formula is C22H12Cl4N4O2. The van der Waals surface area contributed by atoms with E-state index in [1.807, 2.05) is 18.2 Å². The Hall–Kier alpha value is -2.50. The Morgan fingerprint density at radius 1 is 0.938 bits per heavy atom. The molecule has 2 aromatic rings. The first-order chi connectivity index (χ1) is 15.1. The van der Waals surface area contributed by atoms with E-state index in [4.69, 9.17) is 61.3 Å².